The highest BCUT2D eigenvalue weighted by Gasteiger charge is 2.14. The zero-order valence-corrected chi connectivity index (χ0v) is 15.6. The van der Waals surface area contributed by atoms with Crippen molar-refractivity contribution in [3.8, 4) is 11.5 Å². The van der Waals surface area contributed by atoms with Gasteiger partial charge in [-0.05, 0) is 42.3 Å². The molecule has 6 nitrogen and oxygen atoms in total. The van der Waals surface area contributed by atoms with Crippen molar-refractivity contribution in [3.63, 3.8) is 0 Å². The molecule has 1 aliphatic heterocycles. The first kappa shape index (κ1) is 17.9. The second kappa shape index (κ2) is 8.00. The lowest BCUT2D eigenvalue weighted by Gasteiger charge is -2.19. The molecule has 0 unspecified atom stereocenters. The molecule has 1 aliphatic rings. The molecule has 0 radical (unpaired) electrons. The third-order valence-electron chi connectivity index (χ3n) is 4.54. The maximum atomic E-state index is 12.6. The SMILES string of the molecule is Cc1ccccc1CNc1ccnc(C(=O)Nc2ccc3c(c2)OCCO3)c1. The number of ether oxygens (including phenoxy) is 2. The fourth-order valence-corrected chi connectivity index (χ4v) is 2.99. The molecule has 0 spiro atoms. The van der Waals surface area contributed by atoms with E-state index >= 15 is 0 Å². The average molecular weight is 375 g/mol. The quantitative estimate of drug-likeness (QED) is 0.705. The third kappa shape index (κ3) is 4.06. The van der Waals surface area contributed by atoms with Crippen LogP contribution in [-0.4, -0.2) is 24.1 Å². The standard InChI is InChI=1S/C22H21N3O3/c1-15-4-2-3-5-16(15)14-24-17-8-9-23-19(12-17)22(26)25-18-6-7-20-21(13-18)28-11-10-27-20/h2-9,12-13H,10-11,14H2,1H3,(H,23,24)(H,25,26). The van der Waals surface area contributed by atoms with Gasteiger partial charge in [0.2, 0.25) is 0 Å². The summed E-state index contributed by atoms with van der Waals surface area (Å²) in [6, 6.07) is 17.1. The van der Waals surface area contributed by atoms with E-state index in [4.69, 9.17) is 9.47 Å². The number of nitrogens with one attached hydrogen (secondary N) is 2. The third-order valence-corrected chi connectivity index (χ3v) is 4.54. The topological polar surface area (TPSA) is 72.5 Å². The van der Waals surface area contributed by atoms with E-state index in [2.05, 4.69) is 34.7 Å². The summed E-state index contributed by atoms with van der Waals surface area (Å²) in [4.78, 5) is 16.8. The number of nitrogens with zero attached hydrogens (tertiary/aromatic N) is 1. The van der Waals surface area contributed by atoms with Crippen LogP contribution in [0.15, 0.2) is 60.8 Å². The first-order valence-electron chi connectivity index (χ1n) is 9.14. The van der Waals surface area contributed by atoms with E-state index in [1.807, 2.05) is 18.2 Å². The van der Waals surface area contributed by atoms with Crippen LogP contribution in [-0.2, 0) is 6.54 Å². The van der Waals surface area contributed by atoms with E-state index in [9.17, 15) is 4.79 Å². The number of benzene rings is 2. The molecule has 3 aromatic rings. The number of rotatable bonds is 5. The minimum absolute atomic E-state index is 0.281. The molecule has 0 saturated heterocycles. The molecular weight excluding hydrogens is 354 g/mol. The molecule has 0 aliphatic carbocycles. The summed E-state index contributed by atoms with van der Waals surface area (Å²) in [5, 5.41) is 6.20. The molecule has 1 amide bonds. The smallest absolute Gasteiger partial charge is 0.274 e. The zero-order chi connectivity index (χ0) is 19.3. The second-order valence-electron chi connectivity index (χ2n) is 6.52. The lowest BCUT2D eigenvalue weighted by molar-refractivity contribution is 0.102. The number of hydrogen-bond acceptors (Lipinski definition) is 5. The van der Waals surface area contributed by atoms with Crippen LogP contribution < -0.4 is 20.1 Å². The number of carbonyl (C=O) groups excluding carboxylic acids is 1. The number of amides is 1. The van der Waals surface area contributed by atoms with E-state index < -0.39 is 0 Å². The van der Waals surface area contributed by atoms with Crippen molar-refractivity contribution in [1.29, 1.82) is 0 Å². The number of fused-ring (bicyclic) bond motifs is 1. The molecule has 0 atom stereocenters. The maximum absolute atomic E-state index is 12.6. The summed E-state index contributed by atoms with van der Waals surface area (Å²) >= 11 is 0. The van der Waals surface area contributed by atoms with Gasteiger partial charge < -0.3 is 20.1 Å². The molecule has 28 heavy (non-hydrogen) atoms. The Morgan fingerprint density at radius 2 is 1.82 bits per heavy atom. The van der Waals surface area contributed by atoms with Crippen molar-refractivity contribution in [3.05, 3.63) is 77.6 Å². The Morgan fingerprint density at radius 1 is 1.00 bits per heavy atom. The molecule has 142 valence electrons. The number of aryl methyl sites for hydroxylation is 1. The van der Waals surface area contributed by atoms with Crippen LogP contribution in [0.2, 0.25) is 0 Å². The summed E-state index contributed by atoms with van der Waals surface area (Å²) in [7, 11) is 0. The predicted molar refractivity (Wildman–Crippen MR) is 108 cm³/mol. The van der Waals surface area contributed by atoms with Gasteiger partial charge in [-0.15, -0.1) is 0 Å². The van der Waals surface area contributed by atoms with E-state index in [0.29, 0.717) is 42.6 Å². The van der Waals surface area contributed by atoms with E-state index in [1.54, 1.807) is 30.5 Å². The molecule has 6 heteroatoms. The van der Waals surface area contributed by atoms with Crippen molar-refractivity contribution in [2.75, 3.05) is 23.8 Å². The van der Waals surface area contributed by atoms with Crippen LogP contribution in [0, 0.1) is 6.92 Å². The number of aromatic nitrogens is 1. The van der Waals surface area contributed by atoms with Gasteiger partial charge in [0.05, 0.1) is 0 Å². The lowest BCUT2D eigenvalue weighted by Crippen LogP contribution is -2.17. The molecule has 2 N–H and O–H groups in total. The Labute approximate surface area is 163 Å². The van der Waals surface area contributed by atoms with Gasteiger partial charge in [0.1, 0.15) is 18.9 Å². The minimum atomic E-state index is -0.281. The summed E-state index contributed by atoms with van der Waals surface area (Å²) in [6.07, 6.45) is 1.62. The molecule has 2 heterocycles. The molecule has 1 aromatic heterocycles. The van der Waals surface area contributed by atoms with Crippen molar-refractivity contribution < 1.29 is 14.3 Å². The maximum Gasteiger partial charge on any atom is 0.274 e. The van der Waals surface area contributed by atoms with Crippen LogP contribution in [0.3, 0.4) is 0 Å². The van der Waals surface area contributed by atoms with Crippen molar-refractivity contribution >= 4 is 17.3 Å². The monoisotopic (exact) mass is 375 g/mol. The number of pyridine rings is 1. The Balaban J connectivity index is 1.43. The fourth-order valence-electron chi connectivity index (χ4n) is 2.99. The highest BCUT2D eigenvalue weighted by molar-refractivity contribution is 6.03. The largest absolute Gasteiger partial charge is 0.486 e. The average Bonchev–Trinajstić information content (AvgIpc) is 2.73. The van der Waals surface area contributed by atoms with Gasteiger partial charge in [-0.25, -0.2) is 0 Å². The van der Waals surface area contributed by atoms with Gasteiger partial charge in [0.15, 0.2) is 11.5 Å². The number of carbonyl (C=O) groups is 1. The normalized spacial score (nSPS) is 12.3. The molecule has 0 fully saturated rings. The first-order valence-corrected chi connectivity index (χ1v) is 9.14. The summed E-state index contributed by atoms with van der Waals surface area (Å²) in [5.41, 5.74) is 4.24. The van der Waals surface area contributed by atoms with Crippen LogP contribution in [0.4, 0.5) is 11.4 Å². The van der Waals surface area contributed by atoms with Gasteiger partial charge in [-0.2, -0.15) is 0 Å². The van der Waals surface area contributed by atoms with Gasteiger partial charge in [0, 0.05) is 30.2 Å². The summed E-state index contributed by atoms with van der Waals surface area (Å²) in [6.45, 7) is 3.79. The Bertz CT molecular complexity index is 1000. The van der Waals surface area contributed by atoms with Crippen molar-refractivity contribution in [2.24, 2.45) is 0 Å². The number of anilines is 2. The lowest BCUT2D eigenvalue weighted by atomic mass is 10.1. The van der Waals surface area contributed by atoms with Gasteiger partial charge in [-0.3, -0.25) is 9.78 Å². The highest BCUT2D eigenvalue weighted by Crippen LogP contribution is 2.32. The molecule has 0 saturated carbocycles. The van der Waals surface area contributed by atoms with E-state index in [0.717, 1.165) is 5.69 Å². The first-order chi connectivity index (χ1) is 13.7. The Hall–Kier alpha value is -3.54. The van der Waals surface area contributed by atoms with Crippen molar-refractivity contribution in [1.82, 2.24) is 4.98 Å². The molecular formula is C22H21N3O3. The van der Waals surface area contributed by atoms with Gasteiger partial charge in [-0.1, -0.05) is 24.3 Å². The van der Waals surface area contributed by atoms with Crippen molar-refractivity contribution in [2.45, 2.75) is 13.5 Å². The minimum Gasteiger partial charge on any atom is -0.486 e. The molecule has 2 aromatic carbocycles. The summed E-state index contributed by atoms with van der Waals surface area (Å²) in [5.74, 6) is 1.03. The van der Waals surface area contributed by atoms with Crippen LogP contribution >= 0.6 is 0 Å². The fraction of sp³-hybridized carbons (Fsp3) is 0.182. The zero-order valence-electron chi connectivity index (χ0n) is 15.6. The Kier molecular flexibility index (Phi) is 5.10. The van der Waals surface area contributed by atoms with Crippen LogP contribution in [0.1, 0.15) is 21.6 Å². The van der Waals surface area contributed by atoms with E-state index in [-0.39, 0.29) is 5.91 Å². The van der Waals surface area contributed by atoms with Crippen LogP contribution in [0.5, 0.6) is 11.5 Å². The van der Waals surface area contributed by atoms with E-state index in [1.165, 1.54) is 11.1 Å². The number of hydrogen-bond donors (Lipinski definition) is 2. The molecule has 0 bridgehead atoms. The Morgan fingerprint density at radius 3 is 2.68 bits per heavy atom. The second-order valence-corrected chi connectivity index (χ2v) is 6.52. The summed E-state index contributed by atoms with van der Waals surface area (Å²) < 4.78 is 11.0. The molecule has 4 rings (SSSR count). The highest BCUT2D eigenvalue weighted by atomic mass is 16.6. The van der Waals surface area contributed by atoms with Crippen LogP contribution in [0.25, 0.3) is 0 Å². The van der Waals surface area contributed by atoms with Gasteiger partial charge in [0.25, 0.3) is 5.91 Å². The van der Waals surface area contributed by atoms with Gasteiger partial charge >= 0.3 is 0 Å². The predicted octanol–water partition coefficient (Wildman–Crippen LogP) is 4.03.